The first-order valence-corrected chi connectivity index (χ1v) is 13.0. The zero-order valence-corrected chi connectivity index (χ0v) is 22.1. The first-order valence-electron chi connectivity index (χ1n) is 12.2. The predicted molar refractivity (Wildman–Crippen MR) is 142 cm³/mol. The van der Waals surface area contributed by atoms with Crippen molar-refractivity contribution >= 4 is 39.5 Å². The Hall–Kier alpha value is -3.77. The van der Waals surface area contributed by atoms with Crippen molar-refractivity contribution in [2.24, 2.45) is 7.05 Å². The van der Waals surface area contributed by atoms with Gasteiger partial charge in [-0.25, -0.2) is 9.31 Å². The topological polar surface area (TPSA) is 119 Å². The van der Waals surface area contributed by atoms with Crippen molar-refractivity contribution in [3.8, 4) is 10.4 Å². The van der Waals surface area contributed by atoms with E-state index in [1.165, 1.54) is 11.3 Å². The molecule has 1 fully saturated rings. The van der Waals surface area contributed by atoms with E-state index in [0.717, 1.165) is 34.7 Å². The molecule has 12 heteroatoms. The second-order valence-corrected chi connectivity index (χ2v) is 10.5. The number of aromatic nitrogens is 5. The van der Waals surface area contributed by atoms with E-state index in [1.807, 2.05) is 19.4 Å². The summed E-state index contributed by atoms with van der Waals surface area (Å²) in [5.74, 6) is -0.311. The summed E-state index contributed by atoms with van der Waals surface area (Å²) in [4.78, 5) is 33.9. The molecule has 1 atom stereocenters. The minimum absolute atomic E-state index is 0.237. The second kappa shape index (κ2) is 10.3. The van der Waals surface area contributed by atoms with Crippen LogP contribution >= 0.6 is 11.3 Å². The molecule has 1 aliphatic heterocycles. The van der Waals surface area contributed by atoms with Gasteiger partial charge in [-0.05, 0) is 46.2 Å². The van der Waals surface area contributed by atoms with E-state index < -0.39 is 6.09 Å². The molecule has 4 aromatic rings. The Bertz CT molecular complexity index is 1440. The molecule has 0 saturated carbocycles. The Morgan fingerprint density at radius 2 is 2.03 bits per heavy atom. The minimum Gasteiger partial charge on any atom is -0.448 e. The van der Waals surface area contributed by atoms with E-state index in [9.17, 15) is 9.59 Å². The average molecular weight is 523 g/mol. The van der Waals surface area contributed by atoms with E-state index in [0.29, 0.717) is 35.3 Å². The number of aryl methyl sites for hydroxylation is 2. The van der Waals surface area contributed by atoms with Gasteiger partial charge in [0, 0.05) is 37.1 Å². The number of nitrogens with one attached hydrogen (secondary N) is 2. The molecule has 5 rings (SSSR count). The minimum atomic E-state index is -0.543. The van der Waals surface area contributed by atoms with Gasteiger partial charge in [0.2, 0.25) is 0 Å². The molecule has 11 nitrogen and oxygen atoms in total. The summed E-state index contributed by atoms with van der Waals surface area (Å²) in [7, 11) is 1.86. The number of fused-ring (bicyclic) bond motifs is 1. The summed E-state index contributed by atoms with van der Waals surface area (Å²) < 4.78 is 8.90. The van der Waals surface area contributed by atoms with Gasteiger partial charge < -0.3 is 10.1 Å². The number of anilines is 2. The molecule has 5 heterocycles. The van der Waals surface area contributed by atoms with Crippen molar-refractivity contribution in [3.63, 3.8) is 0 Å². The number of nitrogens with zero attached hydrogens (tertiary/aromatic N) is 6. The van der Waals surface area contributed by atoms with Crippen molar-refractivity contribution in [1.29, 1.82) is 0 Å². The van der Waals surface area contributed by atoms with Gasteiger partial charge in [0.15, 0.2) is 0 Å². The smallest absolute Gasteiger partial charge is 0.411 e. The highest BCUT2D eigenvalue weighted by atomic mass is 32.1. The van der Waals surface area contributed by atoms with E-state index in [4.69, 9.17) is 4.74 Å². The quantitative estimate of drug-likeness (QED) is 0.374. The number of carbonyl (C=O) groups excluding carboxylic acids is 2. The fraction of sp³-hybridized carbons (Fsp3) is 0.400. The fourth-order valence-electron chi connectivity index (χ4n) is 4.58. The number of pyridine rings is 1. The van der Waals surface area contributed by atoms with Crippen molar-refractivity contribution in [2.75, 3.05) is 23.8 Å². The summed E-state index contributed by atoms with van der Waals surface area (Å²) in [5.41, 5.74) is 2.96. The molecule has 1 saturated heterocycles. The molecule has 0 unspecified atom stereocenters. The maximum atomic E-state index is 13.1. The van der Waals surface area contributed by atoms with E-state index in [1.54, 1.807) is 40.8 Å². The average Bonchev–Trinajstić information content (AvgIpc) is 3.63. The molecule has 0 aromatic carbocycles. The first-order chi connectivity index (χ1) is 17.8. The summed E-state index contributed by atoms with van der Waals surface area (Å²) in [6, 6.07) is 2.33. The van der Waals surface area contributed by atoms with Crippen LogP contribution in [-0.4, -0.2) is 66.5 Å². The summed E-state index contributed by atoms with van der Waals surface area (Å²) in [6.45, 7) is 7.46. The van der Waals surface area contributed by atoms with Gasteiger partial charge in [0.05, 0.1) is 46.1 Å². The van der Waals surface area contributed by atoms with Crippen LogP contribution in [0.3, 0.4) is 0 Å². The highest BCUT2D eigenvalue weighted by molar-refractivity contribution is 7.21. The van der Waals surface area contributed by atoms with Crippen LogP contribution in [0.15, 0.2) is 37.1 Å². The second-order valence-electron chi connectivity index (χ2n) is 9.47. The van der Waals surface area contributed by atoms with Gasteiger partial charge in [0.1, 0.15) is 11.4 Å². The Morgan fingerprint density at radius 1 is 1.19 bits per heavy atom. The van der Waals surface area contributed by atoms with E-state index >= 15 is 0 Å². The van der Waals surface area contributed by atoms with Crippen LogP contribution in [0.4, 0.5) is 16.2 Å². The van der Waals surface area contributed by atoms with Crippen LogP contribution in [0.1, 0.15) is 42.7 Å². The number of ether oxygens (including phenoxy) is 1. The lowest BCUT2D eigenvalue weighted by atomic mass is 10.2. The van der Waals surface area contributed by atoms with Crippen LogP contribution in [0, 0.1) is 6.92 Å². The molecular formula is C25H30N8O3S. The number of amides is 2. The third kappa shape index (κ3) is 5.35. The zero-order valence-electron chi connectivity index (χ0n) is 21.3. The van der Waals surface area contributed by atoms with Crippen molar-refractivity contribution in [1.82, 2.24) is 29.3 Å². The van der Waals surface area contributed by atoms with Gasteiger partial charge in [-0.3, -0.25) is 24.7 Å². The van der Waals surface area contributed by atoms with Crippen LogP contribution in [0.25, 0.3) is 15.3 Å². The van der Waals surface area contributed by atoms with E-state index in [2.05, 4.69) is 44.6 Å². The summed E-state index contributed by atoms with van der Waals surface area (Å²) >= 11 is 1.46. The molecule has 0 radical (unpaired) electrons. The van der Waals surface area contributed by atoms with Crippen molar-refractivity contribution in [2.45, 2.75) is 45.7 Å². The number of hydrogen-bond donors (Lipinski definition) is 2. The third-order valence-corrected chi connectivity index (χ3v) is 7.67. The van der Waals surface area contributed by atoms with Gasteiger partial charge in [-0.1, -0.05) is 0 Å². The van der Waals surface area contributed by atoms with Crippen molar-refractivity contribution in [3.05, 3.63) is 48.3 Å². The molecule has 37 heavy (non-hydrogen) atoms. The Labute approximate surface area is 218 Å². The highest BCUT2D eigenvalue weighted by Gasteiger charge is 2.27. The van der Waals surface area contributed by atoms with Crippen LogP contribution in [0.2, 0.25) is 0 Å². The standard InChI is InChI=1S/C25H30N8O3S/c1-15(2)32-7-5-6-19(32)14-36-25(35)29-18-8-21(16(3)26-10-18)30-23(34)20-11-28-33-13-22(37-24(20)33)17-9-27-31(4)12-17/h8-13,15,19H,5-7,14H2,1-4H3,(H,29,35)(H,30,34)/t19-/m0/s1. The SMILES string of the molecule is Cc1ncc(NC(=O)OC[C@@H]2CCCN2C(C)C)cc1NC(=O)c1cnn2cc(-c3cnn(C)c3)sc12. The third-order valence-electron chi connectivity index (χ3n) is 6.50. The maximum absolute atomic E-state index is 13.1. The lowest BCUT2D eigenvalue weighted by Gasteiger charge is -2.27. The van der Waals surface area contributed by atoms with Gasteiger partial charge in [0.25, 0.3) is 5.91 Å². The Morgan fingerprint density at radius 3 is 2.78 bits per heavy atom. The highest BCUT2D eigenvalue weighted by Crippen LogP contribution is 2.30. The number of thiazole rings is 1. The number of likely N-dealkylation sites (tertiary alicyclic amines) is 1. The summed E-state index contributed by atoms with van der Waals surface area (Å²) in [5, 5.41) is 14.2. The van der Waals surface area contributed by atoms with Gasteiger partial charge in [-0.15, -0.1) is 11.3 Å². The predicted octanol–water partition coefficient (Wildman–Crippen LogP) is 4.17. The largest absolute Gasteiger partial charge is 0.448 e. The Balaban J connectivity index is 1.24. The molecule has 2 amide bonds. The number of rotatable bonds is 7. The molecule has 0 aliphatic carbocycles. The van der Waals surface area contributed by atoms with Crippen molar-refractivity contribution < 1.29 is 14.3 Å². The molecule has 4 aromatic heterocycles. The lowest BCUT2D eigenvalue weighted by molar-refractivity contribution is 0.102. The monoisotopic (exact) mass is 522 g/mol. The number of hydrogen-bond acceptors (Lipinski definition) is 8. The van der Waals surface area contributed by atoms with Crippen LogP contribution in [0.5, 0.6) is 0 Å². The molecule has 0 spiro atoms. The fourth-order valence-corrected chi connectivity index (χ4v) is 5.62. The number of carbonyl (C=O) groups is 2. The maximum Gasteiger partial charge on any atom is 0.411 e. The van der Waals surface area contributed by atoms with Crippen LogP contribution < -0.4 is 10.6 Å². The lowest BCUT2D eigenvalue weighted by Crippen LogP contribution is -2.39. The Kier molecular flexibility index (Phi) is 6.94. The molecule has 1 aliphatic rings. The normalized spacial score (nSPS) is 16.0. The van der Waals surface area contributed by atoms with Crippen LogP contribution in [-0.2, 0) is 11.8 Å². The molecule has 2 N–H and O–H groups in total. The first kappa shape index (κ1) is 24.9. The molecule has 0 bridgehead atoms. The zero-order chi connectivity index (χ0) is 26.1. The molecule has 194 valence electrons. The molecular weight excluding hydrogens is 492 g/mol. The van der Waals surface area contributed by atoms with Gasteiger partial charge >= 0.3 is 6.09 Å². The van der Waals surface area contributed by atoms with E-state index in [-0.39, 0.29) is 11.9 Å². The van der Waals surface area contributed by atoms with Gasteiger partial charge in [-0.2, -0.15) is 10.2 Å². The summed E-state index contributed by atoms with van der Waals surface area (Å²) in [6.07, 6.45) is 10.2.